The molecular formula is C13H20N2O3S. The van der Waals surface area contributed by atoms with Crippen molar-refractivity contribution in [1.82, 2.24) is 10.6 Å². The average Bonchev–Trinajstić information content (AvgIpc) is 2.70. The molecule has 4 N–H and O–H groups in total. The first-order valence-electron chi connectivity index (χ1n) is 6.33. The number of hydrogen-bond acceptors (Lipinski definition) is 6. The molecule has 1 saturated heterocycles. The Kier molecular flexibility index (Phi) is 5.47. The number of aliphatic hydroxyl groups is 2. The number of rotatable bonds is 6. The summed E-state index contributed by atoms with van der Waals surface area (Å²) in [6.45, 7) is 1.46. The summed E-state index contributed by atoms with van der Waals surface area (Å²) in [6.07, 6.45) is 0.0544. The number of hydrogen-bond donors (Lipinski definition) is 4. The van der Waals surface area contributed by atoms with Gasteiger partial charge >= 0.3 is 0 Å². The fourth-order valence-corrected chi connectivity index (χ4v) is 2.98. The molecule has 0 radical (unpaired) electrons. The van der Waals surface area contributed by atoms with Gasteiger partial charge in [-0.3, -0.25) is 5.32 Å². The molecule has 0 bridgehead atoms. The first-order valence-corrected chi connectivity index (χ1v) is 7.27. The zero-order valence-electron chi connectivity index (χ0n) is 10.9. The lowest BCUT2D eigenvalue weighted by molar-refractivity contribution is 0.0996. The summed E-state index contributed by atoms with van der Waals surface area (Å²) in [7, 11) is 1.89. The number of thioether (sulfide) groups is 1. The lowest BCUT2D eigenvalue weighted by Gasteiger charge is -2.13. The van der Waals surface area contributed by atoms with Crippen LogP contribution in [-0.4, -0.2) is 47.5 Å². The van der Waals surface area contributed by atoms with E-state index >= 15 is 0 Å². The van der Waals surface area contributed by atoms with E-state index in [0.717, 1.165) is 17.9 Å². The number of likely N-dealkylation sites (N-methyl/N-ethyl adjacent to an activating group) is 1. The minimum absolute atomic E-state index is 0.0222. The van der Waals surface area contributed by atoms with Gasteiger partial charge in [-0.2, -0.15) is 0 Å². The number of benzene rings is 1. The molecule has 0 aromatic heterocycles. The molecule has 6 heteroatoms. The van der Waals surface area contributed by atoms with Gasteiger partial charge in [0, 0.05) is 6.54 Å². The largest absolute Gasteiger partial charge is 0.492 e. The Bertz CT molecular complexity index is 388. The van der Waals surface area contributed by atoms with Crippen molar-refractivity contribution < 1.29 is 14.9 Å². The van der Waals surface area contributed by atoms with Crippen molar-refractivity contribution in [3.05, 3.63) is 29.8 Å². The maximum absolute atomic E-state index is 9.69. The highest BCUT2D eigenvalue weighted by molar-refractivity contribution is 8.00. The molecule has 1 aliphatic heterocycles. The van der Waals surface area contributed by atoms with Crippen molar-refractivity contribution in [1.29, 1.82) is 0 Å². The Balaban J connectivity index is 1.84. The smallest absolute Gasteiger partial charge is 0.155 e. The maximum Gasteiger partial charge on any atom is 0.155 e. The Hall–Kier alpha value is -0.790. The molecule has 1 aromatic carbocycles. The highest BCUT2D eigenvalue weighted by atomic mass is 32.2. The summed E-state index contributed by atoms with van der Waals surface area (Å²) in [5.41, 5.74) is 0.442. The van der Waals surface area contributed by atoms with Crippen LogP contribution in [0.1, 0.15) is 5.56 Å². The van der Waals surface area contributed by atoms with E-state index in [2.05, 4.69) is 10.6 Å². The number of aliphatic hydroxyl groups excluding tert-OH is 2. The third-order valence-electron chi connectivity index (χ3n) is 2.95. The van der Waals surface area contributed by atoms with Crippen LogP contribution >= 0.6 is 11.8 Å². The van der Waals surface area contributed by atoms with E-state index in [1.807, 2.05) is 31.3 Å². The van der Waals surface area contributed by atoms with Gasteiger partial charge in [0.15, 0.2) is 5.56 Å². The van der Waals surface area contributed by atoms with Gasteiger partial charge in [-0.25, -0.2) is 0 Å². The first-order chi connectivity index (χ1) is 9.19. The monoisotopic (exact) mass is 284 g/mol. The predicted octanol–water partition coefficient (Wildman–Crippen LogP) is 0.127. The summed E-state index contributed by atoms with van der Waals surface area (Å²) in [5.74, 6) is 0.844. The summed E-state index contributed by atoms with van der Waals surface area (Å²) < 4.78 is 5.54. The molecule has 2 rings (SSSR count). The van der Waals surface area contributed by atoms with Crippen molar-refractivity contribution >= 4 is 11.8 Å². The average molecular weight is 284 g/mol. The van der Waals surface area contributed by atoms with E-state index < -0.39 is 11.8 Å². The third kappa shape index (κ3) is 4.36. The van der Waals surface area contributed by atoms with E-state index in [1.165, 1.54) is 11.8 Å². The molecule has 1 aliphatic rings. The van der Waals surface area contributed by atoms with Crippen LogP contribution in [-0.2, 0) is 6.42 Å². The summed E-state index contributed by atoms with van der Waals surface area (Å²) in [4.78, 5) is 0. The molecule has 0 aliphatic carbocycles. The van der Waals surface area contributed by atoms with Crippen molar-refractivity contribution in [2.75, 3.05) is 20.2 Å². The fraction of sp³-hybridized carbons (Fsp3) is 0.538. The minimum Gasteiger partial charge on any atom is -0.492 e. The van der Waals surface area contributed by atoms with Crippen LogP contribution in [0.15, 0.2) is 24.3 Å². The van der Waals surface area contributed by atoms with Gasteiger partial charge in [0.1, 0.15) is 18.6 Å². The Labute approximate surface area is 117 Å². The molecule has 0 amide bonds. The third-order valence-corrected chi connectivity index (χ3v) is 4.12. The zero-order chi connectivity index (χ0) is 13.7. The highest BCUT2D eigenvalue weighted by Crippen LogP contribution is 2.28. The Morgan fingerprint density at radius 2 is 2.05 bits per heavy atom. The first kappa shape index (κ1) is 14.6. The Morgan fingerprint density at radius 3 is 2.63 bits per heavy atom. The molecule has 1 fully saturated rings. The standard InChI is InChI=1S/C13H20N2O3S/c1-14-6-7-18-10-4-2-9(3-5-10)8-11-12(16)15-13(17)19-11/h2-5,11-17H,6-8H2,1H3. The van der Waals surface area contributed by atoms with Crippen molar-refractivity contribution in [2.45, 2.75) is 23.5 Å². The summed E-state index contributed by atoms with van der Waals surface area (Å²) in [6, 6.07) is 7.85. The van der Waals surface area contributed by atoms with Crippen LogP contribution < -0.4 is 15.4 Å². The predicted molar refractivity (Wildman–Crippen MR) is 76.1 cm³/mol. The van der Waals surface area contributed by atoms with Crippen LogP contribution in [0.3, 0.4) is 0 Å². The van der Waals surface area contributed by atoms with Crippen LogP contribution in [0.5, 0.6) is 5.75 Å². The lowest BCUT2D eigenvalue weighted by atomic mass is 10.1. The van der Waals surface area contributed by atoms with Gasteiger partial charge in [0.05, 0.1) is 5.25 Å². The van der Waals surface area contributed by atoms with Crippen molar-refractivity contribution in [3.8, 4) is 5.75 Å². The molecule has 0 spiro atoms. The second kappa shape index (κ2) is 7.12. The highest BCUT2D eigenvalue weighted by Gasteiger charge is 2.31. The quantitative estimate of drug-likeness (QED) is 0.556. The molecule has 1 aromatic rings. The maximum atomic E-state index is 9.69. The fourth-order valence-electron chi connectivity index (χ4n) is 1.92. The van der Waals surface area contributed by atoms with Gasteiger partial charge in [0.2, 0.25) is 0 Å². The zero-order valence-corrected chi connectivity index (χ0v) is 11.7. The lowest BCUT2D eigenvalue weighted by Crippen LogP contribution is -2.33. The van der Waals surface area contributed by atoms with E-state index in [0.29, 0.717) is 13.0 Å². The van der Waals surface area contributed by atoms with Gasteiger partial charge in [0.25, 0.3) is 0 Å². The topological polar surface area (TPSA) is 73.8 Å². The van der Waals surface area contributed by atoms with E-state index in [9.17, 15) is 10.2 Å². The van der Waals surface area contributed by atoms with Crippen LogP contribution in [0.25, 0.3) is 0 Å². The molecular weight excluding hydrogens is 264 g/mol. The molecule has 0 saturated carbocycles. The van der Waals surface area contributed by atoms with Crippen molar-refractivity contribution in [2.24, 2.45) is 0 Å². The van der Waals surface area contributed by atoms with Crippen LogP contribution in [0.4, 0.5) is 0 Å². The van der Waals surface area contributed by atoms with E-state index in [4.69, 9.17) is 4.74 Å². The van der Waals surface area contributed by atoms with Gasteiger partial charge in [-0.05, 0) is 31.2 Å². The SMILES string of the molecule is CNCCOc1ccc(CC2SC(O)NC2O)cc1. The molecule has 19 heavy (non-hydrogen) atoms. The van der Waals surface area contributed by atoms with Crippen LogP contribution in [0, 0.1) is 0 Å². The van der Waals surface area contributed by atoms with E-state index in [1.54, 1.807) is 0 Å². The van der Waals surface area contributed by atoms with Crippen LogP contribution in [0.2, 0.25) is 0 Å². The van der Waals surface area contributed by atoms with Gasteiger partial charge in [-0.1, -0.05) is 12.1 Å². The number of ether oxygens (including phenoxy) is 1. The Morgan fingerprint density at radius 1 is 1.32 bits per heavy atom. The summed E-state index contributed by atoms with van der Waals surface area (Å²) >= 11 is 1.34. The van der Waals surface area contributed by atoms with Gasteiger partial charge in [-0.15, -0.1) is 11.8 Å². The second-order valence-corrected chi connectivity index (χ2v) is 5.76. The minimum atomic E-state index is -0.677. The summed E-state index contributed by atoms with van der Waals surface area (Å²) in [5, 5.41) is 24.7. The van der Waals surface area contributed by atoms with Gasteiger partial charge < -0.3 is 20.3 Å². The molecule has 3 atom stereocenters. The van der Waals surface area contributed by atoms with Crippen molar-refractivity contribution in [3.63, 3.8) is 0 Å². The second-order valence-electron chi connectivity index (χ2n) is 4.44. The molecule has 106 valence electrons. The normalized spacial score (nSPS) is 26.6. The van der Waals surface area contributed by atoms with E-state index in [-0.39, 0.29) is 5.25 Å². The number of nitrogens with one attached hydrogen (secondary N) is 2. The molecule has 3 unspecified atom stereocenters. The molecule has 5 nitrogen and oxygen atoms in total. The molecule has 1 heterocycles.